The molecule has 72 valence electrons. The Labute approximate surface area is 74.6 Å². The zero-order valence-electron chi connectivity index (χ0n) is 7.29. The average molecular weight is 186 g/mol. The van der Waals surface area contributed by atoms with Crippen LogP contribution in [0.5, 0.6) is 0 Å². The molecule has 13 heavy (non-hydrogen) atoms. The maximum atomic E-state index is 10.9. The first-order chi connectivity index (χ1) is 6.06. The molecule has 1 fully saturated rings. The van der Waals surface area contributed by atoms with Crippen LogP contribution in [0.25, 0.3) is 0 Å². The number of ether oxygens (including phenoxy) is 1. The Bertz CT molecular complexity index is 263. The van der Waals surface area contributed by atoms with E-state index in [1.165, 1.54) is 14.0 Å². The highest BCUT2D eigenvalue weighted by Crippen LogP contribution is 2.07. The van der Waals surface area contributed by atoms with E-state index in [0.29, 0.717) is 0 Å². The minimum atomic E-state index is -0.787. The lowest BCUT2D eigenvalue weighted by Gasteiger charge is -2.34. The summed E-state index contributed by atoms with van der Waals surface area (Å²) in [4.78, 5) is 32.4. The van der Waals surface area contributed by atoms with Gasteiger partial charge in [0.15, 0.2) is 6.04 Å². The van der Waals surface area contributed by atoms with Gasteiger partial charge >= 0.3 is 5.97 Å². The second kappa shape index (κ2) is 3.42. The Morgan fingerprint density at radius 3 is 2.54 bits per heavy atom. The summed E-state index contributed by atoms with van der Waals surface area (Å²) in [5, 5.41) is 4.66. The number of nitrogens with one attached hydrogen (secondary N) is 2. The molecule has 6 nitrogen and oxygen atoms in total. The van der Waals surface area contributed by atoms with E-state index in [4.69, 9.17) is 0 Å². The number of β-lactam (4-membered cyclic amide) rings is 1. The summed E-state index contributed by atoms with van der Waals surface area (Å²) in [6, 6.07) is -1.54. The second-order valence-corrected chi connectivity index (χ2v) is 2.69. The van der Waals surface area contributed by atoms with E-state index in [1.54, 1.807) is 0 Å². The van der Waals surface area contributed by atoms with Crippen LogP contribution in [0.2, 0.25) is 0 Å². The highest BCUT2D eigenvalue weighted by molar-refractivity contribution is 6.01. The molecule has 0 aliphatic carbocycles. The molecule has 0 radical (unpaired) electrons. The number of esters is 1. The fraction of sp³-hybridized carbons (Fsp3) is 0.571. The van der Waals surface area contributed by atoms with Gasteiger partial charge in [-0.25, -0.2) is 4.79 Å². The summed E-state index contributed by atoms with van der Waals surface area (Å²) in [7, 11) is 1.22. The highest BCUT2D eigenvalue weighted by Gasteiger charge is 2.45. The minimum Gasteiger partial charge on any atom is -0.467 e. The third-order valence-electron chi connectivity index (χ3n) is 1.73. The lowest BCUT2D eigenvalue weighted by Crippen LogP contribution is -2.71. The Kier molecular flexibility index (Phi) is 2.50. The first-order valence-electron chi connectivity index (χ1n) is 3.71. The summed E-state index contributed by atoms with van der Waals surface area (Å²) in [6.07, 6.45) is 0. The van der Waals surface area contributed by atoms with Crippen molar-refractivity contribution in [2.75, 3.05) is 7.11 Å². The lowest BCUT2D eigenvalue weighted by molar-refractivity contribution is -0.153. The van der Waals surface area contributed by atoms with Gasteiger partial charge in [-0.3, -0.25) is 9.59 Å². The molecular weight excluding hydrogens is 176 g/mol. The molecule has 1 saturated heterocycles. The summed E-state index contributed by atoms with van der Waals surface area (Å²) in [6.45, 7) is 1.28. The van der Waals surface area contributed by atoms with Crippen molar-refractivity contribution in [1.82, 2.24) is 10.6 Å². The molecule has 1 aliphatic heterocycles. The van der Waals surface area contributed by atoms with Crippen LogP contribution in [0.3, 0.4) is 0 Å². The van der Waals surface area contributed by atoms with Crippen LogP contribution < -0.4 is 10.6 Å². The van der Waals surface area contributed by atoms with E-state index in [2.05, 4.69) is 15.4 Å². The SMILES string of the molecule is COC(=O)[C@H]1NC(=O)[C@H]1NC(C)=O. The third-order valence-corrected chi connectivity index (χ3v) is 1.73. The summed E-state index contributed by atoms with van der Waals surface area (Å²) in [5.41, 5.74) is 0. The number of carbonyl (C=O) groups excluding carboxylic acids is 3. The molecule has 0 aromatic rings. The van der Waals surface area contributed by atoms with Crippen molar-refractivity contribution < 1.29 is 19.1 Å². The maximum Gasteiger partial charge on any atom is 0.331 e. The van der Waals surface area contributed by atoms with Crippen molar-refractivity contribution in [2.45, 2.75) is 19.0 Å². The van der Waals surface area contributed by atoms with Crippen LogP contribution in [0, 0.1) is 0 Å². The first-order valence-corrected chi connectivity index (χ1v) is 3.71. The summed E-state index contributed by atoms with van der Waals surface area (Å²) < 4.78 is 4.41. The monoisotopic (exact) mass is 186 g/mol. The van der Waals surface area contributed by atoms with Crippen LogP contribution in [0.15, 0.2) is 0 Å². The second-order valence-electron chi connectivity index (χ2n) is 2.69. The maximum absolute atomic E-state index is 10.9. The van der Waals surface area contributed by atoms with Gasteiger partial charge < -0.3 is 15.4 Å². The Hall–Kier alpha value is -1.59. The van der Waals surface area contributed by atoms with Crippen molar-refractivity contribution in [1.29, 1.82) is 0 Å². The van der Waals surface area contributed by atoms with Crippen LogP contribution in [-0.4, -0.2) is 37.0 Å². The first kappa shape index (κ1) is 9.50. The van der Waals surface area contributed by atoms with Crippen LogP contribution >= 0.6 is 0 Å². The van der Waals surface area contributed by atoms with E-state index in [0.717, 1.165) is 0 Å². The zero-order valence-corrected chi connectivity index (χ0v) is 7.29. The van der Waals surface area contributed by atoms with Gasteiger partial charge in [0, 0.05) is 6.92 Å². The topological polar surface area (TPSA) is 84.5 Å². The van der Waals surface area contributed by atoms with E-state index in [-0.39, 0.29) is 11.8 Å². The Morgan fingerprint density at radius 1 is 1.54 bits per heavy atom. The van der Waals surface area contributed by atoms with Gasteiger partial charge in [-0.05, 0) is 0 Å². The average Bonchev–Trinajstić information content (AvgIpc) is 2.09. The minimum absolute atomic E-state index is 0.353. The number of hydrogen-bond acceptors (Lipinski definition) is 4. The number of hydrogen-bond donors (Lipinski definition) is 2. The van der Waals surface area contributed by atoms with Crippen molar-refractivity contribution in [2.24, 2.45) is 0 Å². The smallest absolute Gasteiger partial charge is 0.331 e. The molecule has 2 atom stereocenters. The van der Waals surface area contributed by atoms with E-state index >= 15 is 0 Å². The quantitative estimate of drug-likeness (QED) is 0.392. The molecule has 0 bridgehead atoms. The molecule has 1 heterocycles. The van der Waals surface area contributed by atoms with Crippen molar-refractivity contribution in [3.8, 4) is 0 Å². The van der Waals surface area contributed by atoms with Gasteiger partial charge in [-0.15, -0.1) is 0 Å². The standard InChI is InChI=1S/C7H10N2O4/c1-3(10)8-4-5(7(12)13-2)9-6(4)11/h4-5H,1-2H3,(H,8,10)(H,9,11)/t4-,5-/m0/s1. The zero-order chi connectivity index (χ0) is 10.0. The normalized spacial score (nSPS) is 25.5. The van der Waals surface area contributed by atoms with Crippen LogP contribution in [0.1, 0.15) is 6.92 Å². The predicted octanol–water partition coefficient (Wildman–Crippen LogP) is -1.84. The van der Waals surface area contributed by atoms with Gasteiger partial charge in [-0.2, -0.15) is 0 Å². The molecule has 0 spiro atoms. The van der Waals surface area contributed by atoms with E-state index in [1.807, 2.05) is 0 Å². The lowest BCUT2D eigenvalue weighted by atomic mass is 9.99. The Balaban J connectivity index is 2.56. The summed E-state index contributed by atoms with van der Waals surface area (Å²) in [5.74, 6) is -1.28. The van der Waals surface area contributed by atoms with Gasteiger partial charge in [-0.1, -0.05) is 0 Å². The number of rotatable bonds is 2. The van der Waals surface area contributed by atoms with Gasteiger partial charge in [0.1, 0.15) is 6.04 Å². The number of carbonyl (C=O) groups is 3. The van der Waals surface area contributed by atoms with Crippen molar-refractivity contribution in [3.63, 3.8) is 0 Å². The molecule has 0 aromatic heterocycles. The molecule has 0 aromatic carbocycles. The fourth-order valence-electron chi connectivity index (χ4n) is 1.07. The molecule has 0 saturated carbocycles. The van der Waals surface area contributed by atoms with Crippen molar-refractivity contribution in [3.05, 3.63) is 0 Å². The molecule has 6 heteroatoms. The predicted molar refractivity (Wildman–Crippen MR) is 41.6 cm³/mol. The van der Waals surface area contributed by atoms with Gasteiger partial charge in [0.2, 0.25) is 11.8 Å². The van der Waals surface area contributed by atoms with E-state index in [9.17, 15) is 14.4 Å². The largest absolute Gasteiger partial charge is 0.467 e. The molecule has 2 amide bonds. The Morgan fingerprint density at radius 2 is 2.15 bits per heavy atom. The van der Waals surface area contributed by atoms with Gasteiger partial charge in [0.05, 0.1) is 7.11 Å². The third kappa shape index (κ3) is 1.77. The van der Waals surface area contributed by atoms with Crippen LogP contribution in [-0.2, 0) is 19.1 Å². The highest BCUT2D eigenvalue weighted by atomic mass is 16.5. The number of methoxy groups -OCH3 is 1. The van der Waals surface area contributed by atoms with Crippen LogP contribution in [0.4, 0.5) is 0 Å². The molecule has 1 aliphatic rings. The fourth-order valence-corrected chi connectivity index (χ4v) is 1.07. The van der Waals surface area contributed by atoms with Crippen molar-refractivity contribution >= 4 is 17.8 Å². The summed E-state index contributed by atoms with van der Waals surface area (Å²) >= 11 is 0. The number of amides is 2. The van der Waals surface area contributed by atoms with E-state index < -0.39 is 18.1 Å². The molecule has 1 rings (SSSR count). The molecule has 0 unspecified atom stereocenters. The molecule has 2 N–H and O–H groups in total. The molecular formula is C7H10N2O4. The van der Waals surface area contributed by atoms with Gasteiger partial charge in [0.25, 0.3) is 0 Å².